The fraction of sp³-hybridized carbons (Fsp3) is 0.235. The molecular formula is C17H18FN3O. The Morgan fingerprint density at radius 2 is 1.95 bits per heavy atom. The Morgan fingerprint density at radius 1 is 1.23 bits per heavy atom. The Morgan fingerprint density at radius 3 is 2.64 bits per heavy atom. The summed E-state index contributed by atoms with van der Waals surface area (Å²) in [5, 5.41) is 12.9. The summed E-state index contributed by atoms with van der Waals surface area (Å²) in [4.78, 5) is 4.49. The number of aliphatic hydroxyl groups is 1. The lowest BCUT2D eigenvalue weighted by atomic mass is 10.0. The zero-order chi connectivity index (χ0) is 15.7. The number of benzene rings is 1. The first-order chi connectivity index (χ1) is 10.6. The molecule has 0 unspecified atom stereocenters. The average Bonchev–Trinajstić information content (AvgIpc) is 2.83. The van der Waals surface area contributed by atoms with Crippen LogP contribution in [0.5, 0.6) is 0 Å². The maximum atomic E-state index is 13.4. The van der Waals surface area contributed by atoms with Gasteiger partial charge in [0.05, 0.1) is 12.3 Å². The van der Waals surface area contributed by atoms with E-state index in [0.717, 1.165) is 22.3 Å². The van der Waals surface area contributed by atoms with Crippen molar-refractivity contribution in [3.8, 4) is 0 Å². The van der Waals surface area contributed by atoms with Crippen LogP contribution in [0.2, 0.25) is 0 Å². The minimum absolute atomic E-state index is 0.102. The summed E-state index contributed by atoms with van der Waals surface area (Å²) in [5.41, 5.74) is 4.34. The topological polar surface area (TPSA) is 49.6 Å². The molecular weight excluding hydrogens is 281 g/mol. The van der Waals surface area contributed by atoms with E-state index in [-0.39, 0.29) is 12.4 Å². The van der Waals surface area contributed by atoms with Crippen LogP contribution in [0.15, 0.2) is 36.5 Å². The van der Waals surface area contributed by atoms with E-state index in [1.54, 1.807) is 0 Å². The molecule has 1 aromatic carbocycles. The molecule has 0 saturated heterocycles. The summed E-state index contributed by atoms with van der Waals surface area (Å²) >= 11 is 0. The highest BCUT2D eigenvalue weighted by atomic mass is 19.1. The van der Waals surface area contributed by atoms with Crippen molar-refractivity contribution in [2.75, 3.05) is 5.32 Å². The monoisotopic (exact) mass is 299 g/mol. The molecule has 0 radical (unpaired) electrons. The van der Waals surface area contributed by atoms with E-state index >= 15 is 0 Å². The van der Waals surface area contributed by atoms with Gasteiger partial charge in [-0.15, -0.1) is 0 Å². The number of anilines is 1. The second-order valence-electron chi connectivity index (χ2n) is 5.37. The van der Waals surface area contributed by atoms with Crippen molar-refractivity contribution in [1.82, 2.24) is 9.38 Å². The fourth-order valence-electron chi connectivity index (χ4n) is 2.73. The minimum atomic E-state index is -0.220. The zero-order valence-corrected chi connectivity index (χ0v) is 12.6. The van der Waals surface area contributed by atoms with Crippen LogP contribution in [-0.2, 0) is 13.2 Å². The van der Waals surface area contributed by atoms with Crippen molar-refractivity contribution in [3.05, 3.63) is 64.7 Å². The summed E-state index contributed by atoms with van der Waals surface area (Å²) in [6.07, 6.45) is 1.87. The normalized spacial score (nSPS) is 11.1. The predicted molar refractivity (Wildman–Crippen MR) is 84.3 cm³/mol. The number of halogens is 1. The van der Waals surface area contributed by atoms with Gasteiger partial charge in [-0.25, -0.2) is 9.37 Å². The lowest BCUT2D eigenvalue weighted by Gasteiger charge is -2.11. The van der Waals surface area contributed by atoms with E-state index in [1.807, 2.05) is 42.6 Å². The number of nitrogens with zero attached hydrogens (tertiary/aromatic N) is 2. The van der Waals surface area contributed by atoms with Crippen molar-refractivity contribution < 1.29 is 9.50 Å². The molecule has 2 aromatic heterocycles. The number of aryl methyl sites for hydroxylation is 2. The number of rotatable bonds is 4. The molecule has 0 atom stereocenters. The van der Waals surface area contributed by atoms with E-state index in [1.165, 1.54) is 12.1 Å². The Hall–Kier alpha value is -2.40. The average molecular weight is 299 g/mol. The van der Waals surface area contributed by atoms with Gasteiger partial charge in [0.15, 0.2) is 5.82 Å². The number of fused-ring (bicyclic) bond motifs is 1. The number of aromatic nitrogens is 2. The third-order valence-electron chi connectivity index (χ3n) is 3.87. The number of hydrogen-bond donors (Lipinski definition) is 2. The van der Waals surface area contributed by atoms with Gasteiger partial charge in [-0.05, 0) is 54.8 Å². The van der Waals surface area contributed by atoms with Gasteiger partial charge in [0.1, 0.15) is 11.5 Å². The third-order valence-corrected chi connectivity index (χ3v) is 3.87. The molecule has 0 fully saturated rings. The van der Waals surface area contributed by atoms with Gasteiger partial charge in [0, 0.05) is 12.7 Å². The highest BCUT2D eigenvalue weighted by molar-refractivity contribution is 5.54. The Bertz CT molecular complexity index is 803. The summed E-state index contributed by atoms with van der Waals surface area (Å²) < 4.78 is 15.2. The van der Waals surface area contributed by atoms with Crippen molar-refractivity contribution in [2.24, 2.45) is 0 Å². The molecule has 0 aliphatic rings. The highest BCUT2D eigenvalue weighted by Gasteiger charge is 2.12. The predicted octanol–water partition coefficient (Wildman–Crippen LogP) is 3.19. The van der Waals surface area contributed by atoms with Crippen LogP contribution < -0.4 is 5.32 Å². The molecule has 5 heteroatoms. The Balaban J connectivity index is 1.91. The van der Waals surface area contributed by atoms with Crippen LogP contribution in [0.25, 0.3) is 5.65 Å². The second kappa shape index (κ2) is 5.77. The smallest absolute Gasteiger partial charge is 0.151 e. The minimum Gasteiger partial charge on any atom is -0.390 e. The number of aliphatic hydroxyl groups excluding tert-OH is 1. The van der Waals surface area contributed by atoms with E-state index in [0.29, 0.717) is 18.1 Å². The molecule has 3 rings (SSSR count). The first-order valence-electron chi connectivity index (χ1n) is 7.16. The lowest BCUT2D eigenvalue weighted by molar-refractivity contribution is 0.276. The summed E-state index contributed by atoms with van der Waals surface area (Å²) in [6.45, 7) is 4.22. The fourth-order valence-corrected chi connectivity index (χ4v) is 2.73. The first-order valence-corrected chi connectivity index (χ1v) is 7.16. The molecule has 2 heterocycles. The van der Waals surface area contributed by atoms with Gasteiger partial charge < -0.3 is 10.4 Å². The molecule has 114 valence electrons. The quantitative estimate of drug-likeness (QED) is 0.778. The van der Waals surface area contributed by atoms with Gasteiger partial charge in [0.2, 0.25) is 0 Å². The molecule has 22 heavy (non-hydrogen) atoms. The van der Waals surface area contributed by atoms with E-state index < -0.39 is 0 Å². The van der Waals surface area contributed by atoms with Crippen LogP contribution in [0.4, 0.5) is 10.2 Å². The third kappa shape index (κ3) is 2.55. The summed E-state index contributed by atoms with van der Waals surface area (Å²) in [5.74, 6) is 0.430. The van der Waals surface area contributed by atoms with Gasteiger partial charge in [-0.3, -0.25) is 4.40 Å². The van der Waals surface area contributed by atoms with Crippen molar-refractivity contribution in [2.45, 2.75) is 27.0 Å². The van der Waals surface area contributed by atoms with Crippen LogP contribution >= 0.6 is 0 Å². The van der Waals surface area contributed by atoms with Gasteiger partial charge >= 0.3 is 0 Å². The molecule has 0 saturated carbocycles. The van der Waals surface area contributed by atoms with Crippen LogP contribution in [0, 0.1) is 19.7 Å². The molecule has 0 bridgehead atoms. The van der Waals surface area contributed by atoms with Crippen molar-refractivity contribution in [1.29, 1.82) is 0 Å². The number of hydrogen-bond acceptors (Lipinski definition) is 3. The molecule has 0 aliphatic heterocycles. The van der Waals surface area contributed by atoms with E-state index in [2.05, 4.69) is 10.3 Å². The summed E-state index contributed by atoms with van der Waals surface area (Å²) in [6, 6.07) is 8.74. The van der Waals surface area contributed by atoms with Gasteiger partial charge in [-0.2, -0.15) is 0 Å². The molecule has 3 aromatic rings. The molecule has 2 N–H and O–H groups in total. The van der Waals surface area contributed by atoms with E-state index in [4.69, 9.17) is 0 Å². The van der Waals surface area contributed by atoms with Crippen molar-refractivity contribution in [3.63, 3.8) is 0 Å². The summed E-state index contributed by atoms with van der Waals surface area (Å²) in [7, 11) is 0. The first kappa shape index (κ1) is 14.5. The standard InChI is InChI=1S/C17H18FN3O/c1-11-7-13(18)8-12(2)14(11)9-19-17-15(10-22)21-6-4-3-5-16(21)20-17/h3-8,19,22H,9-10H2,1-2H3. The molecule has 0 aliphatic carbocycles. The van der Waals surface area contributed by atoms with Crippen LogP contribution in [0.3, 0.4) is 0 Å². The largest absolute Gasteiger partial charge is 0.390 e. The number of imidazole rings is 1. The highest BCUT2D eigenvalue weighted by Crippen LogP contribution is 2.21. The number of nitrogens with one attached hydrogen (secondary N) is 1. The zero-order valence-electron chi connectivity index (χ0n) is 12.6. The maximum absolute atomic E-state index is 13.4. The number of pyridine rings is 1. The molecule has 0 spiro atoms. The second-order valence-corrected chi connectivity index (χ2v) is 5.37. The maximum Gasteiger partial charge on any atom is 0.151 e. The Labute approximate surface area is 128 Å². The lowest BCUT2D eigenvalue weighted by Crippen LogP contribution is -2.06. The van der Waals surface area contributed by atoms with Gasteiger partial charge in [-0.1, -0.05) is 6.07 Å². The van der Waals surface area contributed by atoms with Crippen LogP contribution in [0.1, 0.15) is 22.4 Å². The van der Waals surface area contributed by atoms with E-state index in [9.17, 15) is 9.50 Å². The van der Waals surface area contributed by atoms with Crippen LogP contribution in [-0.4, -0.2) is 14.5 Å². The van der Waals surface area contributed by atoms with Crippen molar-refractivity contribution >= 4 is 11.5 Å². The SMILES string of the molecule is Cc1cc(F)cc(C)c1CNc1nc2ccccn2c1CO. The molecule has 0 amide bonds. The van der Waals surface area contributed by atoms with Gasteiger partial charge in [0.25, 0.3) is 0 Å². The Kier molecular flexibility index (Phi) is 3.81. The molecule has 4 nitrogen and oxygen atoms in total.